The quantitative estimate of drug-likeness (QED) is 0.865. The molecular weight excluding hydrogens is 250 g/mol. The molecule has 0 radical (unpaired) electrons. The number of nitrogens with zero attached hydrogens (tertiary/aromatic N) is 1. The Labute approximate surface area is 121 Å². The summed E-state index contributed by atoms with van der Waals surface area (Å²) in [6, 6.07) is 7.71. The first kappa shape index (κ1) is 15.0. The normalized spacial score (nSPS) is 19.5. The lowest BCUT2D eigenvalue weighted by molar-refractivity contribution is -0.117. The summed E-state index contributed by atoms with van der Waals surface area (Å²) in [5.41, 5.74) is 7.47. The summed E-state index contributed by atoms with van der Waals surface area (Å²) in [6.45, 7) is 7.55. The average Bonchev–Trinajstić information content (AvgIpc) is 2.87. The minimum absolute atomic E-state index is 0.0589. The highest BCUT2D eigenvalue weighted by Crippen LogP contribution is 2.23. The van der Waals surface area contributed by atoms with E-state index in [1.165, 1.54) is 6.42 Å². The number of carbonyl (C=O) groups excluding carboxylic acids is 1. The number of benzene rings is 1. The third kappa shape index (κ3) is 4.05. The molecule has 0 aliphatic carbocycles. The summed E-state index contributed by atoms with van der Waals surface area (Å²) in [6.07, 6.45) is 1.20. The standard InChI is InChI=1S/C16H25N3O/c1-12(2)14-6-7-19(10-14)11-16(20)18-15-5-3-4-13(8-15)9-17/h3-5,8,12,14H,6-7,9-11,17H2,1-2H3,(H,18,20). The van der Waals surface area contributed by atoms with Crippen LogP contribution in [0.4, 0.5) is 5.69 Å². The first-order valence-corrected chi connectivity index (χ1v) is 7.39. The lowest BCUT2D eigenvalue weighted by atomic mass is 9.95. The van der Waals surface area contributed by atoms with E-state index in [2.05, 4.69) is 24.1 Å². The number of likely N-dealkylation sites (tertiary alicyclic amines) is 1. The molecule has 0 bridgehead atoms. The fourth-order valence-corrected chi connectivity index (χ4v) is 2.73. The molecule has 1 aromatic carbocycles. The van der Waals surface area contributed by atoms with Crippen LogP contribution in [0.25, 0.3) is 0 Å². The van der Waals surface area contributed by atoms with Gasteiger partial charge in [0.15, 0.2) is 0 Å². The molecule has 4 nitrogen and oxygen atoms in total. The predicted molar refractivity (Wildman–Crippen MR) is 82.3 cm³/mol. The summed E-state index contributed by atoms with van der Waals surface area (Å²) in [7, 11) is 0. The second kappa shape index (κ2) is 6.86. The maximum Gasteiger partial charge on any atom is 0.238 e. The highest BCUT2D eigenvalue weighted by Gasteiger charge is 2.25. The van der Waals surface area contributed by atoms with E-state index in [9.17, 15) is 4.79 Å². The smallest absolute Gasteiger partial charge is 0.238 e. The van der Waals surface area contributed by atoms with Crippen LogP contribution in [0.5, 0.6) is 0 Å². The molecule has 1 aliphatic heterocycles. The van der Waals surface area contributed by atoms with Crippen LogP contribution in [-0.2, 0) is 11.3 Å². The summed E-state index contributed by atoms with van der Waals surface area (Å²) in [4.78, 5) is 14.3. The fourth-order valence-electron chi connectivity index (χ4n) is 2.73. The number of nitrogens with two attached hydrogens (primary N) is 1. The van der Waals surface area contributed by atoms with Crippen molar-refractivity contribution >= 4 is 11.6 Å². The minimum atomic E-state index is 0.0589. The van der Waals surface area contributed by atoms with Gasteiger partial charge in [-0.2, -0.15) is 0 Å². The van der Waals surface area contributed by atoms with Gasteiger partial charge in [-0.05, 0) is 42.5 Å². The molecule has 4 heteroatoms. The number of anilines is 1. The molecule has 0 spiro atoms. The van der Waals surface area contributed by atoms with E-state index in [4.69, 9.17) is 5.73 Å². The van der Waals surface area contributed by atoms with Crippen LogP contribution < -0.4 is 11.1 Å². The van der Waals surface area contributed by atoms with Crippen molar-refractivity contribution in [1.82, 2.24) is 4.90 Å². The van der Waals surface area contributed by atoms with Crippen molar-refractivity contribution in [1.29, 1.82) is 0 Å². The summed E-state index contributed by atoms with van der Waals surface area (Å²) in [5.74, 6) is 1.48. The van der Waals surface area contributed by atoms with E-state index in [-0.39, 0.29) is 5.91 Å². The van der Waals surface area contributed by atoms with Gasteiger partial charge in [-0.3, -0.25) is 9.69 Å². The second-order valence-electron chi connectivity index (χ2n) is 5.98. The van der Waals surface area contributed by atoms with Gasteiger partial charge in [-0.15, -0.1) is 0 Å². The Balaban J connectivity index is 1.84. The molecular formula is C16H25N3O. The predicted octanol–water partition coefficient (Wildman–Crippen LogP) is 2.06. The fraction of sp³-hybridized carbons (Fsp3) is 0.562. The van der Waals surface area contributed by atoms with Gasteiger partial charge < -0.3 is 11.1 Å². The molecule has 0 saturated carbocycles. The van der Waals surface area contributed by atoms with Gasteiger partial charge >= 0.3 is 0 Å². The zero-order valence-corrected chi connectivity index (χ0v) is 12.4. The zero-order chi connectivity index (χ0) is 14.5. The molecule has 1 fully saturated rings. The minimum Gasteiger partial charge on any atom is -0.326 e. The molecule has 1 saturated heterocycles. The molecule has 1 heterocycles. The van der Waals surface area contributed by atoms with E-state index in [1.807, 2.05) is 24.3 Å². The molecule has 110 valence electrons. The Morgan fingerprint density at radius 1 is 1.50 bits per heavy atom. The number of carbonyl (C=O) groups is 1. The largest absolute Gasteiger partial charge is 0.326 e. The molecule has 1 amide bonds. The number of rotatable bonds is 5. The van der Waals surface area contributed by atoms with Gasteiger partial charge in [0.05, 0.1) is 6.54 Å². The van der Waals surface area contributed by atoms with E-state index in [0.29, 0.717) is 19.0 Å². The maximum atomic E-state index is 12.1. The van der Waals surface area contributed by atoms with Crippen LogP contribution in [0.15, 0.2) is 24.3 Å². The van der Waals surface area contributed by atoms with Crippen molar-refractivity contribution in [3.8, 4) is 0 Å². The van der Waals surface area contributed by atoms with Crippen molar-refractivity contribution in [2.24, 2.45) is 17.6 Å². The Morgan fingerprint density at radius 3 is 2.95 bits per heavy atom. The second-order valence-corrected chi connectivity index (χ2v) is 5.98. The first-order chi connectivity index (χ1) is 9.58. The SMILES string of the molecule is CC(C)C1CCN(CC(=O)Nc2cccc(CN)c2)C1. The van der Waals surface area contributed by atoms with Crippen molar-refractivity contribution in [3.05, 3.63) is 29.8 Å². The zero-order valence-electron chi connectivity index (χ0n) is 12.4. The average molecular weight is 275 g/mol. The number of nitrogens with one attached hydrogen (secondary N) is 1. The number of hydrogen-bond donors (Lipinski definition) is 2. The lowest BCUT2D eigenvalue weighted by Crippen LogP contribution is -2.32. The van der Waals surface area contributed by atoms with Gasteiger partial charge in [-0.1, -0.05) is 26.0 Å². The molecule has 1 aliphatic rings. The van der Waals surface area contributed by atoms with Crippen LogP contribution in [0, 0.1) is 11.8 Å². The Hall–Kier alpha value is -1.39. The van der Waals surface area contributed by atoms with E-state index < -0.39 is 0 Å². The summed E-state index contributed by atoms with van der Waals surface area (Å²) in [5, 5.41) is 2.95. The first-order valence-electron chi connectivity index (χ1n) is 7.39. The molecule has 1 atom stereocenters. The molecule has 1 aromatic rings. The van der Waals surface area contributed by atoms with E-state index in [0.717, 1.165) is 30.3 Å². The molecule has 1 unspecified atom stereocenters. The van der Waals surface area contributed by atoms with Gasteiger partial charge in [0.2, 0.25) is 5.91 Å². The van der Waals surface area contributed by atoms with E-state index in [1.54, 1.807) is 0 Å². The van der Waals surface area contributed by atoms with Gasteiger partial charge in [0, 0.05) is 18.8 Å². The van der Waals surface area contributed by atoms with Crippen molar-refractivity contribution in [2.45, 2.75) is 26.8 Å². The Morgan fingerprint density at radius 2 is 2.30 bits per heavy atom. The highest BCUT2D eigenvalue weighted by molar-refractivity contribution is 5.92. The summed E-state index contributed by atoms with van der Waals surface area (Å²) >= 11 is 0. The van der Waals surface area contributed by atoms with Gasteiger partial charge in [0.1, 0.15) is 0 Å². The maximum absolute atomic E-state index is 12.1. The van der Waals surface area contributed by atoms with Crippen LogP contribution >= 0.6 is 0 Å². The third-order valence-corrected chi connectivity index (χ3v) is 4.07. The van der Waals surface area contributed by atoms with Crippen LogP contribution in [0.3, 0.4) is 0 Å². The van der Waals surface area contributed by atoms with Gasteiger partial charge in [-0.25, -0.2) is 0 Å². The molecule has 3 N–H and O–H groups in total. The number of hydrogen-bond acceptors (Lipinski definition) is 3. The molecule has 20 heavy (non-hydrogen) atoms. The van der Waals surface area contributed by atoms with Crippen LogP contribution in [0.2, 0.25) is 0 Å². The van der Waals surface area contributed by atoms with Crippen molar-refractivity contribution in [2.75, 3.05) is 25.0 Å². The Bertz CT molecular complexity index is 459. The van der Waals surface area contributed by atoms with Crippen LogP contribution in [0.1, 0.15) is 25.8 Å². The topological polar surface area (TPSA) is 58.4 Å². The highest BCUT2D eigenvalue weighted by atomic mass is 16.2. The van der Waals surface area contributed by atoms with Crippen molar-refractivity contribution in [3.63, 3.8) is 0 Å². The molecule has 2 rings (SSSR count). The summed E-state index contributed by atoms with van der Waals surface area (Å²) < 4.78 is 0. The van der Waals surface area contributed by atoms with Gasteiger partial charge in [0.25, 0.3) is 0 Å². The third-order valence-electron chi connectivity index (χ3n) is 4.07. The van der Waals surface area contributed by atoms with Crippen molar-refractivity contribution < 1.29 is 4.79 Å². The Kier molecular flexibility index (Phi) is 5.15. The monoisotopic (exact) mass is 275 g/mol. The lowest BCUT2D eigenvalue weighted by Gasteiger charge is -2.17. The van der Waals surface area contributed by atoms with Crippen LogP contribution in [-0.4, -0.2) is 30.4 Å². The molecule has 0 aromatic heterocycles. The number of amides is 1. The van der Waals surface area contributed by atoms with E-state index >= 15 is 0 Å².